The van der Waals surface area contributed by atoms with E-state index >= 15 is 0 Å². The lowest BCUT2D eigenvalue weighted by molar-refractivity contribution is 0.669. The van der Waals surface area contributed by atoms with E-state index in [1.54, 1.807) is 0 Å². The van der Waals surface area contributed by atoms with Crippen LogP contribution in [0.2, 0.25) is 0 Å². The highest BCUT2D eigenvalue weighted by Crippen LogP contribution is 2.41. The molecule has 3 aromatic heterocycles. The molecule has 11 aromatic rings. The summed E-state index contributed by atoms with van der Waals surface area (Å²) in [7, 11) is 0. The van der Waals surface area contributed by atoms with E-state index in [2.05, 4.69) is 121 Å². The van der Waals surface area contributed by atoms with E-state index in [0.717, 1.165) is 82.5 Å². The number of hydrogen-bond donors (Lipinski definition) is 0. The largest absolute Gasteiger partial charge is 0.456 e. The Morgan fingerprint density at radius 2 is 0.833 bits per heavy atom. The van der Waals surface area contributed by atoms with E-state index in [9.17, 15) is 0 Å². The van der Waals surface area contributed by atoms with Gasteiger partial charge in [0.2, 0.25) is 0 Å². The molecule has 5 nitrogen and oxygen atoms in total. The maximum atomic E-state index is 6.63. The molecule has 0 bridgehead atoms. The molecule has 0 spiro atoms. The number of para-hydroxylation sites is 2. The molecule has 252 valence electrons. The highest BCUT2D eigenvalue weighted by Gasteiger charge is 2.21. The first kappa shape index (κ1) is 30.3. The number of aromatic nitrogens is 3. The molecule has 0 atom stereocenters. The molecule has 3 heterocycles. The fraction of sp³-hybridized carbons (Fsp3) is 0. The van der Waals surface area contributed by atoms with Gasteiger partial charge in [0.25, 0.3) is 0 Å². The quantitative estimate of drug-likeness (QED) is 0.180. The highest BCUT2D eigenvalue weighted by atomic mass is 16.3. The molecule has 0 fully saturated rings. The Bertz CT molecular complexity index is 3220. The van der Waals surface area contributed by atoms with Crippen LogP contribution in [0.4, 0.5) is 0 Å². The van der Waals surface area contributed by atoms with Crippen molar-refractivity contribution in [1.29, 1.82) is 0 Å². The van der Waals surface area contributed by atoms with Gasteiger partial charge in [-0.1, -0.05) is 146 Å². The Morgan fingerprint density at radius 1 is 0.315 bits per heavy atom. The molecular weight excluding hydrogens is 663 g/mol. The van der Waals surface area contributed by atoms with Crippen LogP contribution in [-0.2, 0) is 0 Å². The van der Waals surface area contributed by atoms with Gasteiger partial charge in [0.1, 0.15) is 22.3 Å². The summed E-state index contributed by atoms with van der Waals surface area (Å²) < 4.78 is 12.9. The van der Waals surface area contributed by atoms with Gasteiger partial charge in [-0.05, 0) is 57.8 Å². The molecule has 0 N–H and O–H groups in total. The number of nitrogens with zero attached hydrogens (tertiary/aromatic N) is 3. The molecule has 0 aliphatic rings. The monoisotopic (exact) mass is 691 g/mol. The van der Waals surface area contributed by atoms with Crippen molar-refractivity contribution in [3.8, 4) is 56.4 Å². The van der Waals surface area contributed by atoms with Crippen molar-refractivity contribution < 1.29 is 8.83 Å². The fourth-order valence-electron chi connectivity index (χ4n) is 7.78. The lowest BCUT2D eigenvalue weighted by Gasteiger charge is -2.11. The zero-order valence-electron chi connectivity index (χ0n) is 28.9. The van der Waals surface area contributed by atoms with Crippen molar-refractivity contribution in [2.45, 2.75) is 0 Å². The minimum absolute atomic E-state index is 0.567. The van der Waals surface area contributed by atoms with Gasteiger partial charge in [0, 0.05) is 43.8 Å². The minimum atomic E-state index is 0.567. The van der Waals surface area contributed by atoms with Crippen molar-refractivity contribution >= 4 is 54.6 Å². The summed E-state index contributed by atoms with van der Waals surface area (Å²) in [6.45, 7) is 0. The van der Waals surface area contributed by atoms with Gasteiger partial charge in [0.05, 0.1) is 0 Å². The molecule has 0 unspecified atom stereocenters. The predicted octanol–water partition coefficient (Wildman–Crippen LogP) is 13.2. The highest BCUT2D eigenvalue weighted by molar-refractivity contribution is 6.15. The first-order valence-electron chi connectivity index (χ1n) is 18.0. The second-order valence-corrected chi connectivity index (χ2v) is 13.6. The fourth-order valence-corrected chi connectivity index (χ4v) is 7.78. The average molecular weight is 692 g/mol. The van der Waals surface area contributed by atoms with E-state index < -0.39 is 0 Å². The minimum Gasteiger partial charge on any atom is -0.456 e. The molecule has 0 aliphatic carbocycles. The smallest absolute Gasteiger partial charge is 0.164 e. The number of furan rings is 2. The Morgan fingerprint density at radius 3 is 1.57 bits per heavy atom. The second kappa shape index (κ2) is 12.1. The Hall–Kier alpha value is -7.37. The van der Waals surface area contributed by atoms with Crippen LogP contribution < -0.4 is 0 Å². The zero-order chi connectivity index (χ0) is 35.6. The predicted molar refractivity (Wildman–Crippen MR) is 219 cm³/mol. The Balaban J connectivity index is 1.15. The topological polar surface area (TPSA) is 65.0 Å². The summed E-state index contributed by atoms with van der Waals surface area (Å²) in [5.74, 6) is 1.72. The van der Waals surface area contributed by atoms with E-state index in [-0.39, 0.29) is 0 Å². The summed E-state index contributed by atoms with van der Waals surface area (Å²) in [6, 6.07) is 60.4. The maximum absolute atomic E-state index is 6.63. The van der Waals surface area contributed by atoms with Gasteiger partial charge in [-0.25, -0.2) is 15.0 Å². The van der Waals surface area contributed by atoms with Crippen LogP contribution in [0.25, 0.3) is 111 Å². The van der Waals surface area contributed by atoms with E-state index in [4.69, 9.17) is 23.8 Å². The normalized spacial score (nSPS) is 11.7. The lowest BCUT2D eigenvalue weighted by Crippen LogP contribution is -2.00. The zero-order valence-corrected chi connectivity index (χ0v) is 28.9. The number of fused-ring (bicyclic) bond motifs is 7. The second-order valence-electron chi connectivity index (χ2n) is 13.6. The van der Waals surface area contributed by atoms with Gasteiger partial charge in [-0.15, -0.1) is 0 Å². The van der Waals surface area contributed by atoms with E-state index in [0.29, 0.717) is 17.5 Å². The molecule has 54 heavy (non-hydrogen) atoms. The van der Waals surface area contributed by atoms with E-state index in [1.165, 1.54) is 11.1 Å². The van der Waals surface area contributed by atoms with E-state index in [1.807, 2.05) is 54.6 Å². The van der Waals surface area contributed by atoms with Crippen LogP contribution in [0, 0.1) is 0 Å². The molecule has 0 aliphatic heterocycles. The van der Waals surface area contributed by atoms with Gasteiger partial charge >= 0.3 is 0 Å². The maximum Gasteiger partial charge on any atom is 0.164 e. The number of rotatable bonds is 5. The molecule has 0 radical (unpaired) electrons. The summed E-state index contributed by atoms with van der Waals surface area (Å²) in [5, 5.41) is 6.22. The molecule has 0 saturated heterocycles. The average Bonchev–Trinajstić information content (AvgIpc) is 3.83. The summed E-state index contributed by atoms with van der Waals surface area (Å²) in [4.78, 5) is 15.7. The van der Waals surface area contributed by atoms with Crippen LogP contribution >= 0.6 is 0 Å². The molecule has 11 rings (SSSR count). The SMILES string of the molecule is c1ccc(-c2ccc3cc(-c4nc(-c5cccc6oc7ccccc7c56)nc(-c5cccc6oc7c(-c8ccccc8)cccc7c56)n4)ccc3c2)cc1. The van der Waals surface area contributed by atoms with Gasteiger partial charge in [-0.2, -0.15) is 0 Å². The molecular formula is C49H29N3O2. The molecule has 0 amide bonds. The van der Waals surface area contributed by atoms with Gasteiger partial charge in [-0.3, -0.25) is 0 Å². The van der Waals surface area contributed by atoms with Crippen LogP contribution in [0.5, 0.6) is 0 Å². The summed E-state index contributed by atoms with van der Waals surface area (Å²) >= 11 is 0. The van der Waals surface area contributed by atoms with Gasteiger partial charge < -0.3 is 8.83 Å². The van der Waals surface area contributed by atoms with Crippen LogP contribution in [0.3, 0.4) is 0 Å². The Kier molecular flexibility index (Phi) is 6.79. The third-order valence-corrected chi connectivity index (χ3v) is 10.3. The van der Waals surface area contributed by atoms with Crippen molar-refractivity contribution in [3.63, 3.8) is 0 Å². The molecule has 8 aromatic carbocycles. The van der Waals surface area contributed by atoms with Gasteiger partial charge in [0.15, 0.2) is 17.5 Å². The molecule has 5 heteroatoms. The Labute approximate surface area is 309 Å². The van der Waals surface area contributed by atoms with Crippen LogP contribution in [0.15, 0.2) is 185 Å². The third kappa shape index (κ3) is 4.90. The first-order chi connectivity index (χ1) is 26.7. The number of benzene rings is 8. The van der Waals surface area contributed by atoms with Crippen LogP contribution in [-0.4, -0.2) is 15.0 Å². The summed E-state index contributed by atoms with van der Waals surface area (Å²) in [5.41, 5.74) is 10.4. The number of hydrogen-bond acceptors (Lipinski definition) is 5. The lowest BCUT2D eigenvalue weighted by atomic mass is 9.99. The molecule has 0 saturated carbocycles. The third-order valence-electron chi connectivity index (χ3n) is 10.3. The van der Waals surface area contributed by atoms with Crippen LogP contribution in [0.1, 0.15) is 0 Å². The van der Waals surface area contributed by atoms with Crippen molar-refractivity contribution in [3.05, 3.63) is 176 Å². The van der Waals surface area contributed by atoms with Crippen molar-refractivity contribution in [2.24, 2.45) is 0 Å². The van der Waals surface area contributed by atoms with Crippen molar-refractivity contribution in [1.82, 2.24) is 15.0 Å². The summed E-state index contributed by atoms with van der Waals surface area (Å²) in [6.07, 6.45) is 0. The standard InChI is InChI=1S/C49H29N3O2/c1-3-12-30(13-4-1)32-24-25-34-29-35(27-26-33(34)28-32)47-50-48(39-19-10-22-42-44(39)37-16-7-8-21-41(37)53-42)52-49(51-47)40-20-11-23-43-45(40)38-18-9-17-36(46(38)54-43)31-14-5-2-6-15-31/h1-29H. The first-order valence-corrected chi connectivity index (χ1v) is 18.0. The van der Waals surface area contributed by atoms with Crippen molar-refractivity contribution in [2.75, 3.05) is 0 Å².